The third-order valence-electron chi connectivity index (χ3n) is 1.25. The average Bonchev–Trinajstić information content (AvgIpc) is 2.04. The Kier molecular flexibility index (Phi) is 2.78. The molecule has 0 saturated heterocycles. The van der Waals surface area contributed by atoms with Crippen LogP contribution in [0.15, 0.2) is 24.3 Å². The van der Waals surface area contributed by atoms with Crippen molar-refractivity contribution in [2.45, 2.75) is 6.92 Å². The third kappa shape index (κ3) is 2.50. The lowest BCUT2D eigenvalue weighted by molar-refractivity contribution is 0.348. The van der Waals surface area contributed by atoms with Crippen LogP contribution in [0.25, 0.3) is 0 Å². The van der Waals surface area contributed by atoms with Crippen LogP contribution in [-0.2, 0) is 0 Å². The fraction of sp³-hybridized carbons (Fsp3) is 0.222. The molecule has 0 saturated carbocycles. The molecule has 0 aromatic heterocycles. The van der Waals surface area contributed by atoms with Gasteiger partial charge < -0.3 is 9.84 Å². The van der Waals surface area contributed by atoms with Gasteiger partial charge in [0.05, 0.1) is 6.61 Å². The van der Waals surface area contributed by atoms with Crippen LogP contribution < -0.4 is 4.74 Å². The molecule has 0 heterocycles. The number of hydrogen-bond donors (Lipinski definition) is 1. The van der Waals surface area contributed by atoms with E-state index in [4.69, 9.17) is 9.84 Å². The van der Waals surface area contributed by atoms with Gasteiger partial charge in [0.2, 0.25) is 0 Å². The Morgan fingerprint density at radius 3 is 2.55 bits per heavy atom. The van der Waals surface area contributed by atoms with Gasteiger partial charge in [-0.1, -0.05) is 6.92 Å². The van der Waals surface area contributed by atoms with E-state index in [2.05, 4.69) is 0 Å². The summed E-state index contributed by atoms with van der Waals surface area (Å²) in [4.78, 5) is 0. The predicted molar refractivity (Wildman–Crippen MR) is 43.6 cm³/mol. The zero-order valence-electron chi connectivity index (χ0n) is 6.45. The Morgan fingerprint density at radius 2 is 2.00 bits per heavy atom. The lowest BCUT2D eigenvalue weighted by atomic mass is 10.3. The van der Waals surface area contributed by atoms with E-state index in [1.165, 1.54) is 0 Å². The van der Waals surface area contributed by atoms with E-state index in [9.17, 15) is 0 Å². The molecule has 1 rings (SSSR count). The van der Waals surface area contributed by atoms with E-state index >= 15 is 0 Å². The van der Waals surface area contributed by atoms with Crippen LogP contribution in [0.1, 0.15) is 6.92 Å². The van der Waals surface area contributed by atoms with Crippen molar-refractivity contribution in [3.63, 3.8) is 0 Å². The van der Waals surface area contributed by atoms with Gasteiger partial charge in [-0.15, -0.1) is 0 Å². The summed E-state index contributed by atoms with van der Waals surface area (Å²) in [5.74, 6) is 1.04. The number of phenolic OH excluding ortho intramolecular Hbond substituents is 1. The summed E-state index contributed by atoms with van der Waals surface area (Å²) in [5.41, 5.74) is 0. The summed E-state index contributed by atoms with van der Waals surface area (Å²) in [6, 6.07) is 6.67. The molecule has 1 radical (unpaired) electrons. The first-order chi connectivity index (χ1) is 5.33. The van der Waals surface area contributed by atoms with Crippen LogP contribution in [0.2, 0.25) is 0 Å². The predicted octanol–water partition coefficient (Wildman–Crippen LogP) is 2.00. The minimum absolute atomic E-state index is 0.262. The Balaban J connectivity index is 2.52. The molecule has 0 unspecified atom stereocenters. The van der Waals surface area contributed by atoms with Crippen LogP contribution in [0.3, 0.4) is 0 Å². The normalized spacial score (nSPS) is 9.55. The van der Waals surface area contributed by atoms with Crippen LogP contribution >= 0.6 is 0 Å². The molecule has 2 heteroatoms. The van der Waals surface area contributed by atoms with Gasteiger partial charge in [0.25, 0.3) is 0 Å². The number of aromatic hydroxyl groups is 1. The molecule has 1 aromatic rings. The number of hydrogen-bond acceptors (Lipinski definition) is 2. The quantitative estimate of drug-likeness (QED) is 0.715. The van der Waals surface area contributed by atoms with E-state index in [1.54, 1.807) is 24.3 Å². The van der Waals surface area contributed by atoms with Crippen molar-refractivity contribution in [3.8, 4) is 11.5 Å². The van der Waals surface area contributed by atoms with Gasteiger partial charge in [0.15, 0.2) is 0 Å². The lowest BCUT2D eigenvalue weighted by Gasteiger charge is -2.02. The fourth-order valence-corrected chi connectivity index (χ4v) is 0.722. The van der Waals surface area contributed by atoms with Gasteiger partial charge in [-0.05, 0) is 30.7 Å². The van der Waals surface area contributed by atoms with Crippen molar-refractivity contribution in [2.24, 2.45) is 0 Å². The third-order valence-corrected chi connectivity index (χ3v) is 1.25. The SMILES string of the molecule is C[CH]COc1ccc(O)cc1. The lowest BCUT2D eigenvalue weighted by Crippen LogP contribution is -1.94. The van der Waals surface area contributed by atoms with Crippen molar-refractivity contribution in [1.82, 2.24) is 0 Å². The summed E-state index contributed by atoms with van der Waals surface area (Å²) in [6.45, 7) is 2.53. The Morgan fingerprint density at radius 1 is 1.36 bits per heavy atom. The molecule has 2 nitrogen and oxygen atoms in total. The highest BCUT2D eigenvalue weighted by Crippen LogP contribution is 2.15. The fourth-order valence-electron chi connectivity index (χ4n) is 0.722. The van der Waals surface area contributed by atoms with Crippen LogP contribution in [0.5, 0.6) is 11.5 Å². The van der Waals surface area contributed by atoms with Gasteiger partial charge in [-0.3, -0.25) is 0 Å². The molecular weight excluding hydrogens is 140 g/mol. The zero-order chi connectivity index (χ0) is 8.10. The highest BCUT2D eigenvalue weighted by atomic mass is 16.5. The van der Waals surface area contributed by atoms with E-state index in [1.807, 2.05) is 13.3 Å². The standard InChI is InChI=1S/C9H11O2/c1-2-7-11-9-5-3-8(10)4-6-9/h2-6,10H,7H2,1H3. The molecule has 0 atom stereocenters. The minimum Gasteiger partial charge on any atom is -0.508 e. The molecule has 1 aromatic carbocycles. The molecular formula is C9H11O2. The van der Waals surface area contributed by atoms with Crippen molar-refractivity contribution >= 4 is 0 Å². The van der Waals surface area contributed by atoms with Crippen molar-refractivity contribution in [2.75, 3.05) is 6.61 Å². The number of ether oxygens (including phenoxy) is 1. The molecule has 0 fully saturated rings. The van der Waals surface area contributed by atoms with Gasteiger partial charge in [-0.2, -0.15) is 0 Å². The summed E-state index contributed by atoms with van der Waals surface area (Å²) in [7, 11) is 0. The Hall–Kier alpha value is -1.18. The maximum atomic E-state index is 8.92. The first kappa shape index (κ1) is 7.92. The topological polar surface area (TPSA) is 29.5 Å². The van der Waals surface area contributed by atoms with E-state index < -0.39 is 0 Å². The van der Waals surface area contributed by atoms with Gasteiger partial charge in [-0.25, -0.2) is 0 Å². The first-order valence-electron chi connectivity index (χ1n) is 3.52. The van der Waals surface area contributed by atoms with Crippen LogP contribution in [0.4, 0.5) is 0 Å². The van der Waals surface area contributed by atoms with E-state index in [0.29, 0.717) is 6.61 Å². The molecule has 0 bridgehead atoms. The molecule has 0 spiro atoms. The monoisotopic (exact) mass is 151 g/mol. The molecule has 59 valence electrons. The smallest absolute Gasteiger partial charge is 0.119 e. The highest BCUT2D eigenvalue weighted by molar-refractivity contribution is 5.30. The minimum atomic E-state index is 0.262. The average molecular weight is 151 g/mol. The summed E-state index contributed by atoms with van der Waals surface area (Å²) < 4.78 is 5.24. The van der Waals surface area contributed by atoms with Crippen LogP contribution in [0, 0.1) is 6.42 Å². The number of rotatable bonds is 3. The molecule has 1 N–H and O–H groups in total. The molecule has 11 heavy (non-hydrogen) atoms. The van der Waals surface area contributed by atoms with Gasteiger partial charge in [0, 0.05) is 0 Å². The maximum absolute atomic E-state index is 8.92. The summed E-state index contributed by atoms with van der Waals surface area (Å²) >= 11 is 0. The largest absolute Gasteiger partial charge is 0.508 e. The second-order valence-electron chi connectivity index (χ2n) is 2.21. The van der Waals surface area contributed by atoms with Crippen LogP contribution in [-0.4, -0.2) is 11.7 Å². The molecule has 0 aliphatic heterocycles. The molecule has 0 aliphatic carbocycles. The van der Waals surface area contributed by atoms with Gasteiger partial charge in [0.1, 0.15) is 11.5 Å². The second-order valence-corrected chi connectivity index (χ2v) is 2.21. The molecule has 0 amide bonds. The first-order valence-corrected chi connectivity index (χ1v) is 3.52. The second kappa shape index (κ2) is 3.86. The highest BCUT2D eigenvalue weighted by Gasteiger charge is 1.91. The maximum Gasteiger partial charge on any atom is 0.119 e. The van der Waals surface area contributed by atoms with Crippen molar-refractivity contribution in [3.05, 3.63) is 30.7 Å². The van der Waals surface area contributed by atoms with Gasteiger partial charge >= 0.3 is 0 Å². The van der Waals surface area contributed by atoms with Crippen molar-refractivity contribution in [1.29, 1.82) is 0 Å². The van der Waals surface area contributed by atoms with E-state index in [0.717, 1.165) is 5.75 Å². The Bertz CT molecular complexity index is 203. The number of benzene rings is 1. The molecule has 0 aliphatic rings. The van der Waals surface area contributed by atoms with E-state index in [-0.39, 0.29) is 5.75 Å². The summed E-state index contributed by atoms with van der Waals surface area (Å²) in [5, 5.41) is 8.92. The number of phenols is 1. The Labute approximate surface area is 66.4 Å². The summed E-state index contributed by atoms with van der Waals surface area (Å²) in [6.07, 6.45) is 1.92. The zero-order valence-corrected chi connectivity index (χ0v) is 6.45. The van der Waals surface area contributed by atoms with Crippen molar-refractivity contribution < 1.29 is 9.84 Å².